The van der Waals surface area contributed by atoms with Gasteiger partial charge in [0.15, 0.2) is 11.3 Å². The monoisotopic (exact) mass is 509 g/mol. The van der Waals surface area contributed by atoms with Crippen LogP contribution in [0, 0.1) is 0 Å². The van der Waals surface area contributed by atoms with E-state index in [2.05, 4.69) is 4.98 Å². The van der Waals surface area contributed by atoms with Crippen molar-refractivity contribution in [1.82, 2.24) is 24.5 Å². The maximum absolute atomic E-state index is 13.9. The Hall–Kier alpha value is -4.26. The molecule has 6 nitrogen and oxygen atoms in total. The van der Waals surface area contributed by atoms with Gasteiger partial charge in [-0.1, -0.05) is 89.9 Å². The predicted octanol–water partition coefficient (Wildman–Crippen LogP) is 6.61. The van der Waals surface area contributed by atoms with E-state index in [-0.39, 0.29) is 5.52 Å². The molecular weight excluding hydrogens is 493 g/mol. The fraction of sp³-hybridized carbons (Fsp3) is 0. The Morgan fingerprint density at radius 2 is 1.39 bits per heavy atom. The summed E-state index contributed by atoms with van der Waals surface area (Å²) in [4.78, 5) is 18.4. The molecule has 0 fully saturated rings. The van der Waals surface area contributed by atoms with Crippen molar-refractivity contribution in [3.8, 4) is 34.0 Å². The van der Waals surface area contributed by atoms with Crippen LogP contribution in [-0.4, -0.2) is 24.5 Å². The molecule has 0 saturated carbocycles. The van der Waals surface area contributed by atoms with Gasteiger partial charge in [0.05, 0.1) is 21.8 Å². The molecule has 0 aliphatic carbocycles. The van der Waals surface area contributed by atoms with E-state index in [1.54, 1.807) is 29.1 Å². The lowest BCUT2D eigenvalue weighted by Crippen LogP contribution is -2.22. The predicted molar refractivity (Wildman–Crippen MR) is 143 cm³/mol. The van der Waals surface area contributed by atoms with Gasteiger partial charge in [0, 0.05) is 22.3 Å². The Kier molecular flexibility index (Phi) is 5.60. The second-order valence-corrected chi connectivity index (χ2v) is 8.91. The molecule has 0 bridgehead atoms. The molecule has 0 atom stereocenters. The fourth-order valence-electron chi connectivity index (χ4n) is 4.20. The topological polar surface area (TPSA) is 65.6 Å². The van der Waals surface area contributed by atoms with E-state index in [1.807, 2.05) is 78.9 Å². The lowest BCUT2D eigenvalue weighted by Gasteiger charge is -2.12. The van der Waals surface area contributed by atoms with Gasteiger partial charge in [-0.15, -0.1) is 0 Å². The molecule has 0 saturated heterocycles. The quantitative estimate of drug-likeness (QED) is 0.268. The summed E-state index contributed by atoms with van der Waals surface area (Å²) in [5.74, 6) is 0.582. The minimum Gasteiger partial charge on any atom is -0.265 e. The van der Waals surface area contributed by atoms with Gasteiger partial charge < -0.3 is 0 Å². The summed E-state index contributed by atoms with van der Waals surface area (Å²) in [6.45, 7) is 0. The number of halogens is 2. The van der Waals surface area contributed by atoms with Crippen molar-refractivity contribution in [3.05, 3.63) is 124 Å². The zero-order chi connectivity index (χ0) is 24.6. The van der Waals surface area contributed by atoms with Gasteiger partial charge in [-0.2, -0.15) is 14.9 Å². The summed E-state index contributed by atoms with van der Waals surface area (Å²) >= 11 is 12.7. The van der Waals surface area contributed by atoms with Crippen molar-refractivity contribution in [2.45, 2.75) is 0 Å². The van der Waals surface area contributed by atoms with E-state index in [0.29, 0.717) is 32.6 Å². The van der Waals surface area contributed by atoms with Crippen molar-refractivity contribution in [3.63, 3.8) is 0 Å². The van der Waals surface area contributed by atoms with E-state index >= 15 is 0 Å². The third-order valence-electron chi connectivity index (χ3n) is 5.81. The Morgan fingerprint density at radius 1 is 0.694 bits per heavy atom. The van der Waals surface area contributed by atoms with Crippen molar-refractivity contribution in [2.24, 2.45) is 0 Å². The fourth-order valence-corrected chi connectivity index (χ4v) is 4.57. The van der Waals surface area contributed by atoms with Gasteiger partial charge in [-0.3, -0.25) is 4.79 Å². The Bertz CT molecular complexity index is 1770. The summed E-state index contributed by atoms with van der Waals surface area (Å²) in [5.41, 5.74) is 3.21. The average Bonchev–Trinajstić information content (AvgIpc) is 3.33. The van der Waals surface area contributed by atoms with Crippen LogP contribution in [0.1, 0.15) is 0 Å². The van der Waals surface area contributed by atoms with Crippen LogP contribution < -0.4 is 5.56 Å². The van der Waals surface area contributed by atoms with Crippen molar-refractivity contribution in [2.75, 3.05) is 0 Å². The van der Waals surface area contributed by atoms with Gasteiger partial charge in [0.1, 0.15) is 5.69 Å². The van der Waals surface area contributed by atoms with Crippen LogP contribution in [0.15, 0.2) is 108 Å². The molecule has 3 heterocycles. The number of pyridine rings is 1. The smallest absolute Gasteiger partial charge is 0.265 e. The third-order valence-corrected chi connectivity index (χ3v) is 6.37. The Morgan fingerprint density at radius 3 is 2.08 bits per heavy atom. The molecule has 0 spiro atoms. The van der Waals surface area contributed by atoms with Crippen LogP contribution in [0.5, 0.6) is 0 Å². The number of hydrogen-bond acceptors (Lipinski definition) is 4. The van der Waals surface area contributed by atoms with E-state index in [1.165, 1.54) is 4.68 Å². The van der Waals surface area contributed by atoms with Crippen LogP contribution in [0.4, 0.5) is 0 Å². The van der Waals surface area contributed by atoms with Crippen molar-refractivity contribution < 1.29 is 0 Å². The van der Waals surface area contributed by atoms with Gasteiger partial charge in [-0.05, 0) is 30.3 Å². The van der Waals surface area contributed by atoms with Crippen LogP contribution >= 0.6 is 23.2 Å². The number of hydrogen-bond donors (Lipinski definition) is 0. The molecule has 6 aromatic rings. The molecule has 174 valence electrons. The Balaban J connectivity index is 1.80. The van der Waals surface area contributed by atoms with E-state index in [0.717, 1.165) is 16.8 Å². The molecule has 8 heteroatoms. The number of rotatable bonds is 4. The van der Waals surface area contributed by atoms with E-state index < -0.39 is 5.56 Å². The van der Waals surface area contributed by atoms with Crippen LogP contribution in [0.3, 0.4) is 0 Å². The maximum atomic E-state index is 13.9. The van der Waals surface area contributed by atoms with Crippen LogP contribution in [0.25, 0.3) is 44.9 Å². The number of fused-ring (bicyclic) bond motifs is 1. The summed E-state index contributed by atoms with van der Waals surface area (Å²) in [7, 11) is 0. The highest BCUT2D eigenvalue weighted by Crippen LogP contribution is 2.36. The Labute approximate surface area is 216 Å². The summed E-state index contributed by atoms with van der Waals surface area (Å²) < 4.78 is 2.96. The molecular formula is C28H17Cl2N5O. The van der Waals surface area contributed by atoms with Crippen LogP contribution in [0.2, 0.25) is 10.0 Å². The van der Waals surface area contributed by atoms with Crippen molar-refractivity contribution >= 4 is 34.1 Å². The number of benzene rings is 3. The highest BCUT2D eigenvalue weighted by Gasteiger charge is 2.25. The molecule has 0 N–H and O–H groups in total. The van der Waals surface area contributed by atoms with Gasteiger partial charge in [0.2, 0.25) is 0 Å². The molecule has 0 unspecified atom stereocenters. The summed E-state index contributed by atoms with van der Waals surface area (Å²) in [5, 5.41) is 11.0. The molecule has 0 radical (unpaired) electrons. The lowest BCUT2D eigenvalue weighted by molar-refractivity contribution is 0.816. The molecule has 0 aliphatic rings. The molecule has 0 amide bonds. The minimum absolute atomic E-state index is 0.240. The molecule has 6 rings (SSSR count). The van der Waals surface area contributed by atoms with Crippen molar-refractivity contribution in [1.29, 1.82) is 0 Å². The minimum atomic E-state index is -0.416. The largest absolute Gasteiger partial charge is 0.299 e. The molecule has 3 aromatic heterocycles. The number of nitrogens with zero attached hydrogens (tertiary/aromatic N) is 5. The molecule has 36 heavy (non-hydrogen) atoms. The van der Waals surface area contributed by atoms with E-state index in [4.69, 9.17) is 33.4 Å². The van der Waals surface area contributed by atoms with Gasteiger partial charge in [0.25, 0.3) is 5.56 Å². The lowest BCUT2D eigenvalue weighted by atomic mass is 10.0. The van der Waals surface area contributed by atoms with Gasteiger partial charge >= 0.3 is 0 Å². The second kappa shape index (κ2) is 9.07. The van der Waals surface area contributed by atoms with Gasteiger partial charge in [-0.25, -0.2) is 9.67 Å². The first-order valence-electron chi connectivity index (χ1n) is 11.2. The first-order chi connectivity index (χ1) is 17.6. The summed E-state index contributed by atoms with van der Waals surface area (Å²) in [6, 6.07) is 29.9. The zero-order valence-electron chi connectivity index (χ0n) is 18.7. The zero-order valence-corrected chi connectivity index (χ0v) is 20.2. The first-order valence-corrected chi connectivity index (χ1v) is 11.9. The SMILES string of the molecule is O=c1c2nn(-c3ccccn3)c(-c3ccccc3)c2c(-c2ccccc2)nn1-c1cc(Cl)ccc1Cl. The second-order valence-electron chi connectivity index (χ2n) is 8.07. The standard InChI is InChI=1S/C28H17Cl2N5O/c29-20-14-15-21(30)22(17-20)34-28(36)26-24(25(32-34)18-9-3-1-4-10-18)27(19-11-5-2-6-12-19)35(33-26)23-13-7-8-16-31-23/h1-17H. The maximum Gasteiger partial charge on any atom is 0.299 e. The highest BCUT2D eigenvalue weighted by atomic mass is 35.5. The number of aromatic nitrogens is 5. The third kappa shape index (κ3) is 3.77. The molecule has 0 aliphatic heterocycles. The highest BCUT2D eigenvalue weighted by molar-refractivity contribution is 6.34. The first kappa shape index (κ1) is 22.2. The average molecular weight is 510 g/mol. The van der Waals surface area contributed by atoms with E-state index in [9.17, 15) is 4.79 Å². The van der Waals surface area contributed by atoms with Crippen LogP contribution in [-0.2, 0) is 0 Å². The molecule has 3 aromatic carbocycles. The summed E-state index contributed by atoms with van der Waals surface area (Å²) in [6.07, 6.45) is 1.69. The normalized spacial score (nSPS) is 11.2.